The predicted octanol–water partition coefficient (Wildman–Crippen LogP) is 9.00. The van der Waals surface area contributed by atoms with Crippen molar-refractivity contribution in [3.05, 3.63) is 60.2 Å². The van der Waals surface area contributed by atoms with Gasteiger partial charge in [-0.3, -0.25) is 4.39 Å². The van der Waals surface area contributed by atoms with E-state index in [1.54, 1.807) is 0 Å². The molecule has 0 spiro atoms. The topological polar surface area (TPSA) is 0 Å². The molecule has 2 rings (SSSR count). The zero-order valence-corrected chi connectivity index (χ0v) is 17.2. The number of hydrogen-bond donors (Lipinski definition) is 0. The SMILES string of the molecule is C.CC.CC.CC.CCCCc1ccc(-c2ccccc2)cc1.CF. The summed E-state index contributed by atoms with van der Waals surface area (Å²) in [5.41, 5.74) is 4.05. The van der Waals surface area contributed by atoms with Crippen LogP contribution in [-0.4, -0.2) is 7.18 Å². The van der Waals surface area contributed by atoms with Crippen molar-refractivity contribution in [1.29, 1.82) is 0 Å². The molecule has 0 atom stereocenters. The summed E-state index contributed by atoms with van der Waals surface area (Å²) < 4.78 is 9.50. The minimum atomic E-state index is 0. The fraction of sp³-hybridized carbons (Fsp3) is 0.500. The average molecular weight is 351 g/mol. The monoisotopic (exact) mass is 350 g/mol. The van der Waals surface area contributed by atoms with Crippen molar-refractivity contribution >= 4 is 0 Å². The average Bonchev–Trinajstić information content (AvgIpc) is 2.73. The second-order valence-electron chi connectivity index (χ2n) is 4.17. The molecule has 0 radical (unpaired) electrons. The summed E-state index contributed by atoms with van der Waals surface area (Å²) in [5, 5.41) is 0. The minimum absolute atomic E-state index is 0. The first-order valence-electron chi connectivity index (χ1n) is 9.42. The van der Waals surface area contributed by atoms with E-state index in [9.17, 15) is 4.39 Å². The molecule has 2 aromatic carbocycles. The molecule has 146 valence electrons. The Hall–Kier alpha value is -1.63. The van der Waals surface area contributed by atoms with E-state index in [1.165, 1.54) is 36.0 Å². The third kappa shape index (κ3) is 15.6. The molecule has 0 saturated carbocycles. The Kier molecular flexibility index (Phi) is 33.9. The van der Waals surface area contributed by atoms with Gasteiger partial charge in [-0.1, -0.05) is 117 Å². The van der Waals surface area contributed by atoms with E-state index in [2.05, 4.69) is 61.5 Å². The number of aryl methyl sites for hydroxylation is 1. The summed E-state index contributed by atoms with van der Waals surface area (Å²) in [6.07, 6.45) is 3.75. The van der Waals surface area contributed by atoms with Gasteiger partial charge in [0.2, 0.25) is 0 Å². The predicted molar refractivity (Wildman–Crippen MR) is 118 cm³/mol. The molecule has 0 bridgehead atoms. The molecule has 1 heteroatoms. The van der Waals surface area contributed by atoms with Gasteiger partial charge in [0, 0.05) is 0 Å². The van der Waals surface area contributed by atoms with Gasteiger partial charge in [-0.2, -0.15) is 0 Å². The lowest BCUT2D eigenvalue weighted by molar-refractivity contribution is 0.636. The first kappa shape index (κ1) is 31.2. The molecule has 0 N–H and O–H groups in total. The summed E-state index contributed by atoms with van der Waals surface area (Å²) in [4.78, 5) is 0. The van der Waals surface area contributed by atoms with E-state index < -0.39 is 0 Å². The summed E-state index contributed by atoms with van der Waals surface area (Å²) in [5.74, 6) is 0. The Balaban J connectivity index is -0.000000217. The van der Waals surface area contributed by atoms with E-state index >= 15 is 0 Å². The van der Waals surface area contributed by atoms with Gasteiger partial charge in [0.1, 0.15) is 0 Å². The van der Waals surface area contributed by atoms with Crippen LogP contribution in [0.2, 0.25) is 0 Å². The van der Waals surface area contributed by atoms with Crippen LogP contribution in [0.4, 0.5) is 4.39 Å². The molecule has 0 saturated heterocycles. The largest absolute Gasteiger partial charge is 0.255 e. The number of alkyl halides is 1. The van der Waals surface area contributed by atoms with Gasteiger partial charge in [0.15, 0.2) is 0 Å². The maximum absolute atomic E-state index is 9.50. The highest BCUT2D eigenvalue weighted by atomic mass is 19.1. The molecule has 0 aliphatic carbocycles. The number of rotatable bonds is 4. The van der Waals surface area contributed by atoms with Crippen LogP contribution in [0.3, 0.4) is 0 Å². The highest BCUT2D eigenvalue weighted by molar-refractivity contribution is 5.63. The lowest BCUT2D eigenvalue weighted by Crippen LogP contribution is -1.84. The molecule has 0 aliphatic heterocycles. The van der Waals surface area contributed by atoms with Crippen LogP contribution < -0.4 is 0 Å². The number of benzene rings is 2. The summed E-state index contributed by atoms with van der Waals surface area (Å²) >= 11 is 0. The molecular weight excluding hydrogens is 307 g/mol. The van der Waals surface area contributed by atoms with Gasteiger partial charge < -0.3 is 0 Å². The Morgan fingerprint density at radius 1 is 0.640 bits per heavy atom. The standard InChI is InChI=1S/C16H18.3C2H6.CH3F.CH4/c1-2-3-7-14-10-12-16(13-11-14)15-8-5-4-6-9-15;4*1-2;/h4-6,8-13H,2-3,7H2,1H3;3*1-2H3;1H3;1H4. The molecule has 25 heavy (non-hydrogen) atoms. The van der Waals surface area contributed by atoms with Gasteiger partial charge in [-0.25, -0.2) is 0 Å². The number of unbranched alkanes of at least 4 members (excludes halogenated alkanes) is 1. The number of halogens is 1. The molecule has 0 heterocycles. The van der Waals surface area contributed by atoms with Crippen LogP contribution >= 0.6 is 0 Å². The molecule has 0 fully saturated rings. The van der Waals surface area contributed by atoms with Crippen molar-refractivity contribution in [3.8, 4) is 11.1 Å². The van der Waals surface area contributed by atoms with Gasteiger partial charge in [-0.05, 0) is 29.5 Å². The van der Waals surface area contributed by atoms with Crippen LogP contribution in [-0.2, 0) is 6.42 Å². The van der Waals surface area contributed by atoms with Crippen LogP contribution in [0.25, 0.3) is 11.1 Å². The summed E-state index contributed by atoms with van der Waals surface area (Å²) in [6, 6.07) is 19.5. The van der Waals surface area contributed by atoms with Gasteiger partial charge in [-0.15, -0.1) is 0 Å². The Morgan fingerprint density at radius 3 is 1.44 bits per heavy atom. The fourth-order valence-electron chi connectivity index (χ4n) is 1.88. The normalized spacial score (nSPS) is 7.56. The van der Waals surface area contributed by atoms with Gasteiger partial charge >= 0.3 is 0 Å². The first-order chi connectivity index (χ1) is 11.9. The maximum atomic E-state index is 9.50. The third-order valence-corrected chi connectivity index (χ3v) is 2.88. The Labute approximate surface area is 158 Å². The maximum Gasteiger partial charge on any atom is 0.0785 e. The van der Waals surface area contributed by atoms with Crippen molar-refractivity contribution in [1.82, 2.24) is 0 Å². The lowest BCUT2D eigenvalue weighted by atomic mass is 10.0. The van der Waals surface area contributed by atoms with E-state index in [4.69, 9.17) is 0 Å². The Bertz CT molecular complexity index is 418. The van der Waals surface area contributed by atoms with E-state index in [-0.39, 0.29) is 7.43 Å². The van der Waals surface area contributed by atoms with Crippen LogP contribution in [0.1, 0.15) is 74.3 Å². The Morgan fingerprint density at radius 2 is 1.04 bits per heavy atom. The van der Waals surface area contributed by atoms with E-state index in [1.807, 2.05) is 41.5 Å². The van der Waals surface area contributed by atoms with Crippen molar-refractivity contribution in [2.75, 3.05) is 7.18 Å². The van der Waals surface area contributed by atoms with Crippen molar-refractivity contribution in [2.24, 2.45) is 0 Å². The van der Waals surface area contributed by atoms with Crippen LogP contribution in [0, 0.1) is 0 Å². The third-order valence-electron chi connectivity index (χ3n) is 2.88. The van der Waals surface area contributed by atoms with Crippen molar-refractivity contribution in [2.45, 2.75) is 75.2 Å². The summed E-state index contributed by atoms with van der Waals surface area (Å²) in [7, 11) is 0.500. The smallest absolute Gasteiger partial charge is 0.0785 e. The molecule has 0 amide bonds. The van der Waals surface area contributed by atoms with Gasteiger partial charge in [0.25, 0.3) is 0 Å². The van der Waals surface area contributed by atoms with E-state index in [0.717, 1.165) is 0 Å². The second-order valence-corrected chi connectivity index (χ2v) is 4.17. The highest BCUT2D eigenvalue weighted by Crippen LogP contribution is 2.19. The minimum Gasteiger partial charge on any atom is -0.255 e. The lowest BCUT2D eigenvalue weighted by Gasteiger charge is -2.03. The van der Waals surface area contributed by atoms with Crippen molar-refractivity contribution in [3.63, 3.8) is 0 Å². The first-order valence-corrected chi connectivity index (χ1v) is 9.42. The quantitative estimate of drug-likeness (QED) is 0.516. The molecular formula is C24H43F. The zero-order valence-electron chi connectivity index (χ0n) is 17.2. The number of hydrogen-bond acceptors (Lipinski definition) is 0. The van der Waals surface area contributed by atoms with Gasteiger partial charge in [0.05, 0.1) is 7.18 Å². The van der Waals surface area contributed by atoms with Crippen molar-refractivity contribution < 1.29 is 4.39 Å². The molecule has 0 aliphatic rings. The molecule has 0 aromatic heterocycles. The second kappa shape index (κ2) is 27.2. The highest BCUT2D eigenvalue weighted by Gasteiger charge is 1.96. The molecule has 0 unspecified atom stereocenters. The van der Waals surface area contributed by atoms with Crippen LogP contribution in [0.15, 0.2) is 54.6 Å². The zero-order chi connectivity index (χ0) is 19.2. The van der Waals surface area contributed by atoms with E-state index in [0.29, 0.717) is 7.18 Å². The molecule has 2 aromatic rings. The fourth-order valence-corrected chi connectivity index (χ4v) is 1.88. The summed E-state index contributed by atoms with van der Waals surface area (Å²) in [6.45, 7) is 14.2. The van der Waals surface area contributed by atoms with Crippen LogP contribution in [0.5, 0.6) is 0 Å². The molecule has 0 nitrogen and oxygen atoms in total.